The molecule has 1 aliphatic carbocycles. The summed E-state index contributed by atoms with van der Waals surface area (Å²) in [4.78, 5) is 31.2. The Morgan fingerprint density at radius 1 is 1.12 bits per heavy atom. The van der Waals surface area contributed by atoms with Crippen molar-refractivity contribution in [2.24, 2.45) is 4.99 Å². The van der Waals surface area contributed by atoms with Crippen LogP contribution in [0.1, 0.15) is 49.3 Å². The number of aromatic nitrogens is 1. The molecule has 2 aromatic carbocycles. The standard InChI is InChI=1S/C25H27ClN2O3S/c1-4-31-22(29)15-28-20-13-16(2)17(3)14-21(20)32-24(28)27-23(30)25(11-5-6-12-25)18-7-9-19(26)10-8-18/h7-10,13-14H,4-6,11-12,15H2,1-3H3. The minimum Gasteiger partial charge on any atom is -0.465 e. The number of amides is 1. The molecule has 1 aliphatic rings. The van der Waals surface area contributed by atoms with E-state index in [0.717, 1.165) is 52.6 Å². The van der Waals surface area contributed by atoms with Gasteiger partial charge in [-0.25, -0.2) is 0 Å². The van der Waals surface area contributed by atoms with Crippen molar-refractivity contribution in [3.8, 4) is 0 Å². The molecule has 0 bridgehead atoms. The highest BCUT2D eigenvalue weighted by Gasteiger charge is 2.42. The van der Waals surface area contributed by atoms with Crippen molar-refractivity contribution in [2.45, 2.75) is 58.4 Å². The molecule has 0 aliphatic heterocycles. The van der Waals surface area contributed by atoms with E-state index in [1.165, 1.54) is 11.3 Å². The number of thiazole rings is 1. The average Bonchev–Trinajstić information content (AvgIpc) is 3.36. The molecule has 0 unspecified atom stereocenters. The van der Waals surface area contributed by atoms with Crippen LogP contribution in [0.4, 0.5) is 0 Å². The molecule has 32 heavy (non-hydrogen) atoms. The predicted molar refractivity (Wildman–Crippen MR) is 128 cm³/mol. The molecule has 0 N–H and O–H groups in total. The molecule has 7 heteroatoms. The first kappa shape index (κ1) is 22.7. The highest BCUT2D eigenvalue weighted by atomic mass is 35.5. The fourth-order valence-corrected chi connectivity index (χ4v) is 5.70. The van der Waals surface area contributed by atoms with Crippen LogP contribution in [0.15, 0.2) is 41.4 Å². The van der Waals surface area contributed by atoms with Crippen LogP contribution < -0.4 is 4.80 Å². The van der Waals surface area contributed by atoms with Gasteiger partial charge in [0.05, 0.1) is 22.2 Å². The lowest BCUT2D eigenvalue weighted by Crippen LogP contribution is -2.34. The minimum atomic E-state index is -0.644. The van der Waals surface area contributed by atoms with Gasteiger partial charge in [-0.1, -0.05) is 47.9 Å². The molecule has 1 heterocycles. The molecule has 1 amide bonds. The van der Waals surface area contributed by atoms with Crippen molar-refractivity contribution in [3.05, 3.63) is 62.9 Å². The predicted octanol–water partition coefficient (Wildman–Crippen LogP) is 5.48. The Kier molecular flexibility index (Phi) is 6.54. The summed E-state index contributed by atoms with van der Waals surface area (Å²) in [6.45, 7) is 6.21. The number of hydrogen-bond acceptors (Lipinski definition) is 4. The van der Waals surface area contributed by atoms with Crippen LogP contribution in [0.2, 0.25) is 5.02 Å². The first-order valence-electron chi connectivity index (χ1n) is 11.0. The third kappa shape index (κ3) is 4.26. The molecule has 1 aromatic heterocycles. The molecule has 0 spiro atoms. The molecule has 4 rings (SSSR count). The normalized spacial score (nSPS) is 15.9. The lowest BCUT2D eigenvalue weighted by atomic mass is 9.78. The smallest absolute Gasteiger partial charge is 0.326 e. The highest BCUT2D eigenvalue weighted by molar-refractivity contribution is 7.16. The number of carbonyl (C=O) groups is 2. The lowest BCUT2D eigenvalue weighted by Gasteiger charge is -2.25. The van der Waals surface area contributed by atoms with E-state index in [1.54, 1.807) is 6.92 Å². The zero-order valence-corrected chi connectivity index (χ0v) is 20.2. The molecule has 3 aromatic rings. The molecular weight excluding hydrogens is 444 g/mol. The van der Waals surface area contributed by atoms with E-state index in [1.807, 2.05) is 35.8 Å². The van der Waals surface area contributed by atoms with E-state index in [4.69, 9.17) is 16.3 Å². The summed E-state index contributed by atoms with van der Waals surface area (Å²) in [6.07, 6.45) is 3.49. The van der Waals surface area contributed by atoms with Gasteiger partial charge >= 0.3 is 5.97 Å². The molecule has 168 valence electrons. The van der Waals surface area contributed by atoms with Crippen LogP contribution in [0.5, 0.6) is 0 Å². The molecule has 1 saturated carbocycles. The van der Waals surface area contributed by atoms with Gasteiger partial charge in [0.2, 0.25) is 0 Å². The van der Waals surface area contributed by atoms with Crippen molar-refractivity contribution in [2.75, 3.05) is 6.61 Å². The second kappa shape index (κ2) is 9.20. The maximum absolute atomic E-state index is 13.7. The Morgan fingerprint density at radius 2 is 1.78 bits per heavy atom. The number of benzene rings is 2. The van der Waals surface area contributed by atoms with Gasteiger partial charge < -0.3 is 9.30 Å². The van der Waals surface area contributed by atoms with E-state index >= 15 is 0 Å². The second-order valence-electron chi connectivity index (χ2n) is 8.39. The number of ether oxygens (including phenoxy) is 1. The summed E-state index contributed by atoms with van der Waals surface area (Å²) >= 11 is 7.52. The maximum Gasteiger partial charge on any atom is 0.326 e. The lowest BCUT2D eigenvalue weighted by molar-refractivity contribution is -0.143. The molecule has 0 radical (unpaired) electrons. The van der Waals surface area contributed by atoms with Gasteiger partial charge in [-0.05, 0) is 74.6 Å². The van der Waals surface area contributed by atoms with Crippen LogP contribution in [-0.2, 0) is 26.3 Å². The van der Waals surface area contributed by atoms with Gasteiger partial charge in [-0.2, -0.15) is 4.99 Å². The van der Waals surface area contributed by atoms with Crippen molar-refractivity contribution in [1.82, 2.24) is 4.57 Å². The van der Waals surface area contributed by atoms with Crippen LogP contribution in [0.25, 0.3) is 10.2 Å². The largest absolute Gasteiger partial charge is 0.465 e. The topological polar surface area (TPSA) is 60.7 Å². The van der Waals surface area contributed by atoms with E-state index in [2.05, 4.69) is 24.0 Å². The number of esters is 1. The van der Waals surface area contributed by atoms with Crippen molar-refractivity contribution in [1.29, 1.82) is 0 Å². The molecule has 1 fully saturated rings. The number of aryl methyl sites for hydroxylation is 2. The summed E-state index contributed by atoms with van der Waals surface area (Å²) in [6, 6.07) is 11.7. The number of carbonyl (C=O) groups excluding carboxylic acids is 2. The minimum absolute atomic E-state index is 0.0242. The number of fused-ring (bicyclic) bond motifs is 1. The second-order valence-corrected chi connectivity index (χ2v) is 9.84. The van der Waals surface area contributed by atoms with Gasteiger partial charge in [0.1, 0.15) is 6.54 Å². The van der Waals surface area contributed by atoms with Gasteiger partial charge in [0.25, 0.3) is 5.91 Å². The first-order chi connectivity index (χ1) is 15.3. The number of halogens is 1. The Balaban J connectivity index is 1.85. The zero-order chi connectivity index (χ0) is 22.9. The third-order valence-electron chi connectivity index (χ3n) is 6.35. The highest BCUT2D eigenvalue weighted by Crippen LogP contribution is 2.42. The van der Waals surface area contributed by atoms with Crippen molar-refractivity contribution in [3.63, 3.8) is 0 Å². The Bertz CT molecular complexity index is 1230. The average molecular weight is 471 g/mol. The van der Waals surface area contributed by atoms with Gasteiger partial charge in [0.15, 0.2) is 4.80 Å². The maximum atomic E-state index is 13.7. The summed E-state index contributed by atoms with van der Waals surface area (Å²) in [5.74, 6) is -0.498. The van der Waals surface area contributed by atoms with Gasteiger partial charge in [-0.15, -0.1) is 0 Å². The Morgan fingerprint density at radius 3 is 2.44 bits per heavy atom. The monoisotopic (exact) mass is 470 g/mol. The quantitative estimate of drug-likeness (QED) is 0.464. The number of rotatable bonds is 5. The SMILES string of the molecule is CCOC(=O)Cn1c(=NC(=O)C2(c3ccc(Cl)cc3)CCCC2)sc2cc(C)c(C)cc21. The van der Waals surface area contributed by atoms with Crippen LogP contribution in [-0.4, -0.2) is 23.1 Å². The fourth-order valence-electron chi connectivity index (χ4n) is 4.46. The van der Waals surface area contributed by atoms with E-state index < -0.39 is 5.41 Å². The zero-order valence-electron chi connectivity index (χ0n) is 18.6. The molecular formula is C25H27ClN2O3S. The van der Waals surface area contributed by atoms with E-state index in [-0.39, 0.29) is 18.4 Å². The Hall–Kier alpha value is -2.44. The van der Waals surface area contributed by atoms with E-state index in [9.17, 15) is 9.59 Å². The number of nitrogens with zero attached hydrogens (tertiary/aromatic N) is 2. The summed E-state index contributed by atoms with van der Waals surface area (Å²) in [5.41, 5.74) is 3.49. The number of hydrogen-bond donors (Lipinski definition) is 0. The summed E-state index contributed by atoms with van der Waals surface area (Å²) in [7, 11) is 0. The molecule has 0 saturated heterocycles. The summed E-state index contributed by atoms with van der Waals surface area (Å²) < 4.78 is 7.99. The van der Waals surface area contributed by atoms with Gasteiger partial charge in [0, 0.05) is 5.02 Å². The van der Waals surface area contributed by atoms with Crippen LogP contribution in [0.3, 0.4) is 0 Å². The van der Waals surface area contributed by atoms with Gasteiger partial charge in [-0.3, -0.25) is 9.59 Å². The van der Waals surface area contributed by atoms with Crippen LogP contribution >= 0.6 is 22.9 Å². The van der Waals surface area contributed by atoms with Crippen LogP contribution in [0, 0.1) is 13.8 Å². The Labute approximate surface area is 196 Å². The first-order valence-corrected chi connectivity index (χ1v) is 12.1. The molecule has 0 atom stereocenters. The van der Waals surface area contributed by atoms with Crippen molar-refractivity contribution < 1.29 is 14.3 Å². The third-order valence-corrected chi connectivity index (χ3v) is 7.64. The van der Waals surface area contributed by atoms with Crippen molar-refractivity contribution >= 4 is 45.0 Å². The molecule has 5 nitrogen and oxygen atoms in total. The van der Waals surface area contributed by atoms with E-state index in [0.29, 0.717) is 16.4 Å². The fraction of sp³-hybridized carbons (Fsp3) is 0.400. The summed E-state index contributed by atoms with van der Waals surface area (Å²) in [5, 5.41) is 0.647.